The van der Waals surface area contributed by atoms with E-state index in [0.717, 1.165) is 44.1 Å². The van der Waals surface area contributed by atoms with Gasteiger partial charge < -0.3 is 5.32 Å². The number of rotatable bonds is 3. The van der Waals surface area contributed by atoms with E-state index in [1.807, 2.05) is 12.1 Å². The molecule has 3 rings (SSSR count). The molecule has 20 heavy (non-hydrogen) atoms. The maximum Gasteiger partial charge on any atom is 0.0786 e. The first-order valence-electron chi connectivity index (χ1n) is 6.51. The van der Waals surface area contributed by atoms with Crippen molar-refractivity contribution in [3.8, 4) is 5.69 Å². The molecule has 0 amide bonds. The molecule has 0 unspecified atom stereocenters. The topological polar surface area (TPSA) is 46.0 Å². The molecule has 1 aromatic carbocycles. The van der Waals surface area contributed by atoms with Crippen LogP contribution in [0.2, 0.25) is 10.0 Å². The Morgan fingerprint density at radius 3 is 2.50 bits per heavy atom. The second kappa shape index (κ2) is 6.10. The molecule has 1 aromatic heterocycles. The lowest BCUT2D eigenvalue weighted by atomic mass is 10.3. The SMILES string of the molecule is Clc1cc(Cl)cc(-n2nncc2CN2CCNCC2)c1. The predicted molar refractivity (Wildman–Crippen MR) is 79.5 cm³/mol. The van der Waals surface area contributed by atoms with Crippen LogP contribution in [-0.4, -0.2) is 46.1 Å². The van der Waals surface area contributed by atoms with E-state index in [4.69, 9.17) is 23.2 Å². The minimum atomic E-state index is 0.594. The Balaban J connectivity index is 1.85. The summed E-state index contributed by atoms with van der Waals surface area (Å²) in [5.41, 5.74) is 1.87. The van der Waals surface area contributed by atoms with Crippen LogP contribution in [0.5, 0.6) is 0 Å². The van der Waals surface area contributed by atoms with Gasteiger partial charge in [0.15, 0.2) is 0 Å². The van der Waals surface area contributed by atoms with Crippen molar-refractivity contribution in [1.29, 1.82) is 0 Å². The van der Waals surface area contributed by atoms with E-state index in [1.54, 1.807) is 16.9 Å². The molecule has 1 saturated heterocycles. The number of hydrogen-bond donors (Lipinski definition) is 1. The van der Waals surface area contributed by atoms with E-state index >= 15 is 0 Å². The predicted octanol–water partition coefficient (Wildman–Crippen LogP) is 1.98. The van der Waals surface area contributed by atoms with E-state index in [0.29, 0.717) is 10.0 Å². The van der Waals surface area contributed by atoms with Crippen molar-refractivity contribution in [3.05, 3.63) is 40.1 Å². The number of nitrogens with zero attached hydrogens (tertiary/aromatic N) is 4. The van der Waals surface area contributed by atoms with E-state index < -0.39 is 0 Å². The minimum Gasteiger partial charge on any atom is -0.314 e. The van der Waals surface area contributed by atoms with Gasteiger partial charge in [-0.1, -0.05) is 28.4 Å². The van der Waals surface area contributed by atoms with E-state index in [2.05, 4.69) is 20.5 Å². The summed E-state index contributed by atoms with van der Waals surface area (Å²) >= 11 is 12.1. The Hall–Kier alpha value is -1.14. The van der Waals surface area contributed by atoms with E-state index in [1.165, 1.54) is 0 Å². The van der Waals surface area contributed by atoms with Crippen molar-refractivity contribution in [2.75, 3.05) is 26.2 Å². The first-order chi connectivity index (χ1) is 9.72. The molecule has 1 fully saturated rings. The highest BCUT2D eigenvalue weighted by Gasteiger charge is 2.14. The Morgan fingerprint density at radius 1 is 1.10 bits per heavy atom. The molecule has 0 aliphatic carbocycles. The zero-order valence-electron chi connectivity index (χ0n) is 10.9. The van der Waals surface area contributed by atoms with Crippen LogP contribution in [0.3, 0.4) is 0 Å². The highest BCUT2D eigenvalue weighted by molar-refractivity contribution is 6.34. The van der Waals surface area contributed by atoms with E-state index in [-0.39, 0.29) is 0 Å². The monoisotopic (exact) mass is 311 g/mol. The first kappa shape index (κ1) is 13.8. The molecule has 7 heteroatoms. The van der Waals surface area contributed by atoms with Gasteiger partial charge in [0.2, 0.25) is 0 Å². The van der Waals surface area contributed by atoms with Gasteiger partial charge in [-0.25, -0.2) is 4.68 Å². The molecule has 0 spiro atoms. The van der Waals surface area contributed by atoms with Crippen molar-refractivity contribution in [3.63, 3.8) is 0 Å². The molecule has 1 N–H and O–H groups in total. The number of nitrogens with one attached hydrogen (secondary N) is 1. The zero-order chi connectivity index (χ0) is 13.9. The summed E-state index contributed by atoms with van der Waals surface area (Å²) in [6.07, 6.45) is 1.79. The highest BCUT2D eigenvalue weighted by Crippen LogP contribution is 2.22. The third-order valence-corrected chi connectivity index (χ3v) is 3.74. The van der Waals surface area contributed by atoms with Gasteiger partial charge in [-0.05, 0) is 18.2 Å². The van der Waals surface area contributed by atoms with Crippen molar-refractivity contribution in [2.45, 2.75) is 6.54 Å². The molecule has 0 radical (unpaired) electrons. The normalized spacial score (nSPS) is 16.5. The standard InChI is InChI=1S/C13H15Cl2N5/c14-10-5-11(15)7-12(6-10)20-13(8-17-18-20)9-19-3-1-16-2-4-19/h5-8,16H,1-4,9H2. The molecule has 2 heterocycles. The van der Waals surface area contributed by atoms with Gasteiger partial charge in [-0.15, -0.1) is 5.10 Å². The van der Waals surface area contributed by atoms with Gasteiger partial charge >= 0.3 is 0 Å². The lowest BCUT2D eigenvalue weighted by Gasteiger charge is -2.26. The van der Waals surface area contributed by atoms with Crippen LogP contribution in [-0.2, 0) is 6.54 Å². The zero-order valence-corrected chi connectivity index (χ0v) is 12.4. The number of halogens is 2. The summed E-state index contributed by atoms with van der Waals surface area (Å²) in [5.74, 6) is 0. The Bertz CT molecular complexity index is 572. The van der Waals surface area contributed by atoms with Crippen molar-refractivity contribution < 1.29 is 0 Å². The number of piperazine rings is 1. The summed E-state index contributed by atoms with van der Waals surface area (Å²) in [7, 11) is 0. The third kappa shape index (κ3) is 3.12. The quantitative estimate of drug-likeness (QED) is 0.941. The first-order valence-corrected chi connectivity index (χ1v) is 7.27. The molecule has 0 atom stereocenters. The smallest absolute Gasteiger partial charge is 0.0786 e. The number of hydrogen-bond acceptors (Lipinski definition) is 4. The molecular formula is C13H15Cl2N5. The minimum absolute atomic E-state index is 0.594. The molecule has 5 nitrogen and oxygen atoms in total. The van der Waals surface area contributed by atoms with Crippen molar-refractivity contribution in [1.82, 2.24) is 25.2 Å². The van der Waals surface area contributed by atoms with Crippen LogP contribution in [0.25, 0.3) is 5.69 Å². The number of benzene rings is 1. The lowest BCUT2D eigenvalue weighted by molar-refractivity contribution is 0.229. The summed E-state index contributed by atoms with van der Waals surface area (Å²) in [6.45, 7) is 4.91. The molecule has 0 saturated carbocycles. The lowest BCUT2D eigenvalue weighted by Crippen LogP contribution is -2.43. The molecular weight excluding hydrogens is 297 g/mol. The average molecular weight is 312 g/mol. The highest BCUT2D eigenvalue weighted by atomic mass is 35.5. The van der Waals surface area contributed by atoms with Crippen molar-refractivity contribution in [2.24, 2.45) is 0 Å². The summed E-state index contributed by atoms with van der Waals surface area (Å²) in [4.78, 5) is 2.37. The van der Waals surface area contributed by atoms with E-state index in [9.17, 15) is 0 Å². The third-order valence-electron chi connectivity index (χ3n) is 3.31. The Morgan fingerprint density at radius 2 is 1.80 bits per heavy atom. The van der Waals surface area contributed by atoms with Gasteiger partial charge in [-0.3, -0.25) is 4.90 Å². The fourth-order valence-electron chi connectivity index (χ4n) is 2.34. The summed E-state index contributed by atoms with van der Waals surface area (Å²) in [5, 5.41) is 12.7. The van der Waals surface area contributed by atoms with Crippen molar-refractivity contribution >= 4 is 23.2 Å². The molecule has 1 aliphatic heterocycles. The molecule has 106 valence electrons. The maximum absolute atomic E-state index is 6.05. The fraction of sp³-hybridized carbons (Fsp3) is 0.385. The van der Waals surface area contributed by atoms with Gasteiger partial charge in [-0.2, -0.15) is 0 Å². The molecule has 0 bridgehead atoms. The Labute approximate surface area is 127 Å². The average Bonchev–Trinajstić information content (AvgIpc) is 2.87. The Kier molecular flexibility index (Phi) is 4.21. The van der Waals surface area contributed by atoms with Gasteiger partial charge in [0, 0.05) is 42.8 Å². The van der Waals surface area contributed by atoms with Crippen LogP contribution < -0.4 is 5.32 Å². The summed E-state index contributed by atoms with van der Waals surface area (Å²) in [6, 6.07) is 5.38. The van der Waals surface area contributed by atoms with Gasteiger partial charge in [0.05, 0.1) is 17.6 Å². The van der Waals surface area contributed by atoms with Crippen LogP contribution in [0.1, 0.15) is 5.69 Å². The van der Waals surface area contributed by atoms with Crippen LogP contribution >= 0.6 is 23.2 Å². The number of aromatic nitrogens is 3. The second-order valence-electron chi connectivity index (χ2n) is 4.79. The van der Waals surface area contributed by atoms with Crippen LogP contribution in [0.15, 0.2) is 24.4 Å². The van der Waals surface area contributed by atoms with Crippen LogP contribution in [0.4, 0.5) is 0 Å². The van der Waals surface area contributed by atoms with Gasteiger partial charge in [0.1, 0.15) is 0 Å². The maximum atomic E-state index is 6.05. The van der Waals surface area contributed by atoms with Gasteiger partial charge in [0.25, 0.3) is 0 Å². The second-order valence-corrected chi connectivity index (χ2v) is 5.66. The fourth-order valence-corrected chi connectivity index (χ4v) is 2.86. The molecule has 2 aromatic rings. The largest absolute Gasteiger partial charge is 0.314 e. The molecule has 1 aliphatic rings. The van der Waals surface area contributed by atoms with Crippen LogP contribution in [0, 0.1) is 0 Å². The summed E-state index contributed by atoms with van der Waals surface area (Å²) < 4.78 is 1.79.